The zero-order chi connectivity index (χ0) is 22.4. The Hall–Kier alpha value is -1.86. The molecule has 1 heterocycles. The third-order valence-electron chi connectivity index (χ3n) is 5.00. The van der Waals surface area contributed by atoms with Crippen molar-refractivity contribution in [2.45, 2.75) is 29.9 Å². The number of hydrogen-bond donors (Lipinski definition) is 2. The van der Waals surface area contributed by atoms with E-state index in [1.54, 1.807) is 18.2 Å². The smallest absolute Gasteiger partial charge is 0.240 e. The molecule has 2 aromatic carbocycles. The van der Waals surface area contributed by atoms with Gasteiger partial charge < -0.3 is 14.7 Å². The Morgan fingerprint density at radius 2 is 1.84 bits per heavy atom. The molecule has 7 nitrogen and oxygen atoms in total. The molecule has 0 radical (unpaired) electrons. The van der Waals surface area contributed by atoms with Crippen molar-refractivity contribution in [2.75, 3.05) is 26.2 Å². The average Bonchev–Trinajstić information content (AvgIpc) is 2.76. The fourth-order valence-corrected chi connectivity index (χ4v) is 4.67. The van der Waals surface area contributed by atoms with Crippen molar-refractivity contribution in [1.29, 1.82) is 5.26 Å². The normalized spacial score (nSPS) is 16.6. The lowest BCUT2D eigenvalue weighted by Gasteiger charge is -2.33. The molecule has 10 heteroatoms. The minimum Gasteiger partial charge on any atom is -0.490 e. The number of ether oxygens (including phenoxy) is 1. The summed E-state index contributed by atoms with van der Waals surface area (Å²) in [6, 6.07) is 12.7. The zero-order valence-electron chi connectivity index (χ0n) is 16.7. The SMILES string of the molecule is N#Cc1ccc(S(=O)(=O)NC[C@@H](O)CN2CCC(Oc3ccc(Cl)c(Cl)c3)CC2)cc1. The van der Waals surface area contributed by atoms with Gasteiger partial charge in [-0.3, -0.25) is 0 Å². The summed E-state index contributed by atoms with van der Waals surface area (Å²) < 4.78 is 33.1. The number of piperidine rings is 1. The van der Waals surface area contributed by atoms with Crippen LogP contribution in [0.15, 0.2) is 47.4 Å². The molecule has 1 atom stereocenters. The molecule has 1 aliphatic rings. The highest BCUT2D eigenvalue weighted by molar-refractivity contribution is 7.89. The van der Waals surface area contributed by atoms with Gasteiger partial charge in [0.1, 0.15) is 11.9 Å². The van der Waals surface area contributed by atoms with Crippen LogP contribution in [0.1, 0.15) is 18.4 Å². The summed E-state index contributed by atoms with van der Waals surface area (Å²) in [5, 5.41) is 20.0. The molecule has 1 aliphatic heterocycles. The maximum Gasteiger partial charge on any atom is 0.240 e. The highest BCUT2D eigenvalue weighted by Gasteiger charge is 2.23. The van der Waals surface area contributed by atoms with Crippen molar-refractivity contribution in [2.24, 2.45) is 0 Å². The summed E-state index contributed by atoms with van der Waals surface area (Å²) in [7, 11) is -3.75. The number of nitrogens with zero attached hydrogens (tertiary/aromatic N) is 2. The minimum atomic E-state index is -3.75. The Kier molecular flexibility index (Phi) is 8.17. The van der Waals surface area contributed by atoms with Crippen LogP contribution in [0.2, 0.25) is 10.0 Å². The van der Waals surface area contributed by atoms with E-state index in [0.717, 1.165) is 25.9 Å². The minimum absolute atomic E-state index is 0.0421. The summed E-state index contributed by atoms with van der Waals surface area (Å²) in [5.41, 5.74) is 0.380. The second kappa shape index (κ2) is 10.6. The third-order valence-corrected chi connectivity index (χ3v) is 7.18. The Morgan fingerprint density at radius 3 is 2.45 bits per heavy atom. The van der Waals surface area contributed by atoms with Crippen LogP contribution >= 0.6 is 23.2 Å². The van der Waals surface area contributed by atoms with Crippen molar-refractivity contribution in [3.05, 3.63) is 58.1 Å². The number of nitriles is 1. The van der Waals surface area contributed by atoms with E-state index in [9.17, 15) is 13.5 Å². The van der Waals surface area contributed by atoms with Crippen LogP contribution in [0, 0.1) is 11.3 Å². The lowest BCUT2D eigenvalue weighted by molar-refractivity contribution is 0.0630. The number of β-amino-alcohol motifs (C(OH)–C–C–N with tert-alkyl or cyclic N) is 1. The van der Waals surface area contributed by atoms with Gasteiger partial charge in [-0.05, 0) is 49.2 Å². The predicted octanol–water partition coefficient (Wildman–Crippen LogP) is 3.05. The quantitative estimate of drug-likeness (QED) is 0.597. The summed E-state index contributed by atoms with van der Waals surface area (Å²) in [6.07, 6.45) is 0.759. The van der Waals surface area contributed by atoms with Crippen LogP contribution in [0.5, 0.6) is 5.75 Å². The molecule has 3 rings (SSSR count). The van der Waals surface area contributed by atoms with Crippen molar-refractivity contribution < 1.29 is 18.3 Å². The van der Waals surface area contributed by atoms with E-state index >= 15 is 0 Å². The molecule has 0 aromatic heterocycles. The molecule has 31 heavy (non-hydrogen) atoms. The van der Waals surface area contributed by atoms with E-state index in [4.69, 9.17) is 33.2 Å². The first-order chi connectivity index (χ1) is 14.8. The third kappa shape index (κ3) is 6.81. The van der Waals surface area contributed by atoms with Crippen LogP contribution in [0.25, 0.3) is 0 Å². The molecule has 2 aromatic rings. The Morgan fingerprint density at radius 1 is 1.16 bits per heavy atom. The van der Waals surface area contributed by atoms with Gasteiger partial charge in [-0.1, -0.05) is 23.2 Å². The van der Waals surface area contributed by atoms with Crippen LogP contribution in [0.4, 0.5) is 0 Å². The van der Waals surface area contributed by atoms with Gasteiger partial charge in [0.05, 0.1) is 32.7 Å². The summed E-state index contributed by atoms with van der Waals surface area (Å²) in [5.74, 6) is 0.671. The van der Waals surface area contributed by atoms with Crippen LogP contribution in [0.3, 0.4) is 0 Å². The second-order valence-corrected chi connectivity index (χ2v) is 9.92. The predicted molar refractivity (Wildman–Crippen MR) is 119 cm³/mol. The summed E-state index contributed by atoms with van der Waals surface area (Å²) in [6.45, 7) is 1.72. The van der Waals surface area contributed by atoms with E-state index < -0.39 is 16.1 Å². The first-order valence-electron chi connectivity index (χ1n) is 9.79. The monoisotopic (exact) mass is 483 g/mol. The maximum absolute atomic E-state index is 12.3. The van der Waals surface area contributed by atoms with Gasteiger partial charge in [0.25, 0.3) is 0 Å². The summed E-state index contributed by atoms with van der Waals surface area (Å²) >= 11 is 11.9. The molecule has 1 fully saturated rings. The number of likely N-dealkylation sites (tertiary alicyclic amines) is 1. The molecular weight excluding hydrogens is 461 g/mol. The highest BCUT2D eigenvalue weighted by Crippen LogP contribution is 2.28. The van der Waals surface area contributed by atoms with Gasteiger partial charge in [-0.25, -0.2) is 13.1 Å². The number of sulfonamides is 1. The van der Waals surface area contributed by atoms with Gasteiger partial charge in [-0.15, -0.1) is 0 Å². The molecule has 166 valence electrons. The average molecular weight is 484 g/mol. The van der Waals surface area contributed by atoms with Crippen LogP contribution in [-0.4, -0.2) is 56.8 Å². The van der Waals surface area contributed by atoms with Gasteiger partial charge in [0, 0.05) is 32.2 Å². The maximum atomic E-state index is 12.3. The van der Waals surface area contributed by atoms with E-state index in [-0.39, 0.29) is 17.5 Å². The number of aliphatic hydroxyl groups excluding tert-OH is 1. The van der Waals surface area contributed by atoms with E-state index in [1.807, 2.05) is 6.07 Å². The van der Waals surface area contributed by atoms with E-state index in [1.165, 1.54) is 24.3 Å². The van der Waals surface area contributed by atoms with Crippen molar-refractivity contribution in [3.63, 3.8) is 0 Å². The van der Waals surface area contributed by atoms with Gasteiger partial charge in [0.15, 0.2) is 0 Å². The fourth-order valence-electron chi connectivity index (χ4n) is 3.31. The molecule has 0 amide bonds. The van der Waals surface area contributed by atoms with Crippen molar-refractivity contribution in [1.82, 2.24) is 9.62 Å². The van der Waals surface area contributed by atoms with Crippen molar-refractivity contribution >= 4 is 33.2 Å². The van der Waals surface area contributed by atoms with Gasteiger partial charge in [0.2, 0.25) is 10.0 Å². The molecule has 1 saturated heterocycles. The molecular formula is C21H23Cl2N3O4S. The largest absolute Gasteiger partial charge is 0.490 e. The first-order valence-corrected chi connectivity index (χ1v) is 12.0. The lowest BCUT2D eigenvalue weighted by Crippen LogP contribution is -2.45. The Balaban J connectivity index is 1.42. The van der Waals surface area contributed by atoms with Crippen molar-refractivity contribution in [3.8, 4) is 11.8 Å². The van der Waals surface area contributed by atoms with E-state index in [0.29, 0.717) is 27.9 Å². The van der Waals surface area contributed by atoms with Crippen LogP contribution < -0.4 is 9.46 Å². The molecule has 0 saturated carbocycles. The van der Waals surface area contributed by atoms with Gasteiger partial charge in [-0.2, -0.15) is 5.26 Å². The number of nitrogens with one attached hydrogen (secondary N) is 1. The topological polar surface area (TPSA) is 103 Å². The molecule has 0 unspecified atom stereocenters. The molecule has 0 spiro atoms. The Labute approximate surface area is 192 Å². The standard InChI is InChI=1S/C21H23Cl2N3O4S/c22-20-6-3-18(11-21(20)23)30-17-7-9-26(10-8-17)14-16(27)13-25-31(28,29)19-4-1-15(12-24)2-5-19/h1-6,11,16-17,25,27H,7-10,13-14H2/t16-/m1/s1. The second-order valence-electron chi connectivity index (χ2n) is 7.34. The number of rotatable bonds is 8. The molecule has 2 N–H and O–H groups in total. The van der Waals surface area contributed by atoms with Crippen LogP contribution in [-0.2, 0) is 10.0 Å². The first kappa shape index (κ1) is 23.8. The number of benzene rings is 2. The molecule has 0 bridgehead atoms. The molecule has 0 aliphatic carbocycles. The number of hydrogen-bond acceptors (Lipinski definition) is 6. The zero-order valence-corrected chi connectivity index (χ0v) is 19.0. The fraction of sp³-hybridized carbons (Fsp3) is 0.381. The number of halogens is 2. The van der Waals surface area contributed by atoms with Gasteiger partial charge >= 0.3 is 0 Å². The number of aliphatic hydroxyl groups is 1. The highest BCUT2D eigenvalue weighted by atomic mass is 35.5. The Bertz CT molecular complexity index is 1030. The summed E-state index contributed by atoms with van der Waals surface area (Å²) in [4.78, 5) is 2.13. The van der Waals surface area contributed by atoms with E-state index in [2.05, 4.69) is 9.62 Å². The lowest BCUT2D eigenvalue weighted by atomic mass is 10.1.